The summed E-state index contributed by atoms with van der Waals surface area (Å²) in [7, 11) is 1.21. The summed E-state index contributed by atoms with van der Waals surface area (Å²) in [6.45, 7) is 0.285. The number of carbonyl (C=O) groups is 3. The summed E-state index contributed by atoms with van der Waals surface area (Å²) in [5.41, 5.74) is 1.29. The molecule has 3 rings (SSSR count). The van der Waals surface area contributed by atoms with Crippen LogP contribution >= 0.6 is 0 Å². The summed E-state index contributed by atoms with van der Waals surface area (Å²) < 4.78 is 45.9. The Morgan fingerprint density at radius 1 is 1.03 bits per heavy atom. The minimum atomic E-state index is -4.79. The van der Waals surface area contributed by atoms with Gasteiger partial charge in [0.15, 0.2) is 5.78 Å². The van der Waals surface area contributed by atoms with E-state index in [-0.39, 0.29) is 42.9 Å². The first kappa shape index (κ1) is 25.1. The zero-order chi connectivity index (χ0) is 24.7. The van der Waals surface area contributed by atoms with Gasteiger partial charge in [0.25, 0.3) is 0 Å². The Balaban J connectivity index is 1.75. The zero-order valence-corrected chi connectivity index (χ0v) is 18.5. The number of likely N-dealkylation sites (tertiary alicyclic amines) is 1. The molecule has 1 aliphatic rings. The molecule has 0 radical (unpaired) electrons. The Labute approximate surface area is 194 Å². The van der Waals surface area contributed by atoms with Crippen LogP contribution in [0.1, 0.15) is 34.7 Å². The largest absolute Gasteiger partial charge is 0.573 e. The van der Waals surface area contributed by atoms with E-state index in [1.54, 1.807) is 24.3 Å². The lowest BCUT2D eigenvalue weighted by Crippen LogP contribution is -2.49. The fourth-order valence-corrected chi connectivity index (χ4v) is 4.04. The van der Waals surface area contributed by atoms with Crippen LogP contribution in [0.4, 0.5) is 18.0 Å². The van der Waals surface area contributed by atoms with Crippen LogP contribution in [0.5, 0.6) is 5.75 Å². The number of rotatable bonds is 7. The molecular weight excluding hydrogens is 453 g/mol. The fourth-order valence-electron chi connectivity index (χ4n) is 4.04. The summed E-state index contributed by atoms with van der Waals surface area (Å²) in [6, 6.07) is 13.8. The average molecular weight is 478 g/mol. The summed E-state index contributed by atoms with van der Waals surface area (Å²) in [6.07, 6.45) is -4.01. The molecular formula is C24H25F3N2O5. The van der Waals surface area contributed by atoms with Crippen molar-refractivity contribution < 1.29 is 37.0 Å². The van der Waals surface area contributed by atoms with E-state index in [0.29, 0.717) is 18.5 Å². The minimum absolute atomic E-state index is 0.0601. The number of piperidine rings is 1. The smallest absolute Gasteiger partial charge is 0.468 e. The lowest BCUT2D eigenvalue weighted by atomic mass is 9.81. The van der Waals surface area contributed by atoms with E-state index >= 15 is 0 Å². The lowest BCUT2D eigenvalue weighted by molar-refractivity contribution is -0.274. The van der Waals surface area contributed by atoms with Gasteiger partial charge in [0.05, 0.1) is 7.11 Å². The van der Waals surface area contributed by atoms with Gasteiger partial charge < -0.3 is 19.7 Å². The van der Waals surface area contributed by atoms with Crippen molar-refractivity contribution in [3.8, 4) is 5.75 Å². The molecule has 1 N–H and O–H groups in total. The van der Waals surface area contributed by atoms with Crippen molar-refractivity contribution in [1.29, 1.82) is 0 Å². The van der Waals surface area contributed by atoms with Crippen molar-refractivity contribution in [3.05, 3.63) is 65.7 Å². The zero-order valence-electron chi connectivity index (χ0n) is 18.5. The van der Waals surface area contributed by atoms with Crippen LogP contribution in [-0.2, 0) is 9.53 Å². The highest BCUT2D eigenvalue weighted by atomic mass is 19.4. The maximum atomic E-state index is 12.8. The summed E-state index contributed by atoms with van der Waals surface area (Å²) in [5, 5.41) is 2.50. The first-order valence-corrected chi connectivity index (χ1v) is 10.7. The molecule has 2 amide bonds. The molecule has 0 saturated carbocycles. The number of hydrogen-bond donors (Lipinski definition) is 1. The predicted molar refractivity (Wildman–Crippen MR) is 116 cm³/mol. The quantitative estimate of drug-likeness (QED) is 0.478. The Morgan fingerprint density at radius 2 is 1.71 bits per heavy atom. The topological polar surface area (TPSA) is 84.9 Å². The van der Waals surface area contributed by atoms with Gasteiger partial charge in [-0.3, -0.25) is 9.59 Å². The molecule has 1 aliphatic heterocycles. The number of halogens is 3. The minimum Gasteiger partial charge on any atom is -0.468 e. The summed E-state index contributed by atoms with van der Waals surface area (Å²) in [5.74, 6) is -1.39. The molecule has 0 aliphatic carbocycles. The summed E-state index contributed by atoms with van der Waals surface area (Å²) in [4.78, 5) is 38.3. The molecule has 1 heterocycles. The second kappa shape index (κ2) is 11.0. The molecule has 0 bridgehead atoms. The van der Waals surface area contributed by atoms with Crippen LogP contribution in [0.2, 0.25) is 0 Å². The standard InChI is InChI=1S/C24H25F3N2O5/c1-33-22(31)13-28-23(32)29-14-16(12-21(30)18-5-3-2-4-6-18)11-19(15-29)17-7-9-20(10-8-17)34-24(25,26)27/h2-10,16,19H,11-15H2,1H3,(H,28,32). The third kappa shape index (κ3) is 7.23. The number of nitrogens with zero attached hydrogens (tertiary/aromatic N) is 1. The maximum Gasteiger partial charge on any atom is 0.573 e. The Bertz CT molecular complexity index is 996. The molecule has 0 spiro atoms. The van der Waals surface area contributed by atoms with Crippen molar-refractivity contribution in [2.45, 2.75) is 25.1 Å². The highest BCUT2D eigenvalue weighted by molar-refractivity contribution is 5.96. The van der Waals surface area contributed by atoms with Crippen molar-refractivity contribution in [2.75, 3.05) is 26.7 Å². The van der Waals surface area contributed by atoms with E-state index < -0.39 is 18.4 Å². The number of ketones is 1. The lowest BCUT2D eigenvalue weighted by Gasteiger charge is -2.38. The molecule has 1 fully saturated rings. The highest BCUT2D eigenvalue weighted by Crippen LogP contribution is 2.34. The van der Waals surface area contributed by atoms with E-state index in [1.807, 2.05) is 6.07 Å². The van der Waals surface area contributed by atoms with Crippen molar-refractivity contribution >= 4 is 17.8 Å². The van der Waals surface area contributed by atoms with E-state index in [4.69, 9.17) is 0 Å². The molecule has 1 saturated heterocycles. The third-order valence-electron chi connectivity index (χ3n) is 5.59. The molecule has 2 unspecified atom stereocenters. The molecule has 182 valence electrons. The van der Waals surface area contributed by atoms with Crippen LogP contribution in [0.3, 0.4) is 0 Å². The molecule has 2 aromatic carbocycles. The number of esters is 1. The molecule has 2 atom stereocenters. The van der Waals surface area contributed by atoms with Crippen molar-refractivity contribution in [3.63, 3.8) is 0 Å². The van der Waals surface area contributed by atoms with Crippen LogP contribution in [0, 0.1) is 5.92 Å². The third-order valence-corrected chi connectivity index (χ3v) is 5.59. The van der Waals surface area contributed by atoms with Gasteiger partial charge in [-0.05, 0) is 30.0 Å². The number of ether oxygens (including phenoxy) is 2. The highest BCUT2D eigenvalue weighted by Gasteiger charge is 2.33. The Hall–Kier alpha value is -3.56. The number of urea groups is 1. The SMILES string of the molecule is COC(=O)CNC(=O)N1CC(CC(=O)c2ccccc2)CC(c2ccc(OC(F)(F)F)cc2)C1. The molecule has 10 heteroatoms. The second-order valence-corrected chi connectivity index (χ2v) is 8.05. The number of methoxy groups -OCH3 is 1. The number of amides is 2. The summed E-state index contributed by atoms with van der Waals surface area (Å²) >= 11 is 0. The van der Waals surface area contributed by atoms with Gasteiger partial charge in [0.1, 0.15) is 12.3 Å². The van der Waals surface area contributed by atoms with E-state index in [0.717, 1.165) is 5.56 Å². The predicted octanol–water partition coefficient (Wildman–Crippen LogP) is 4.15. The first-order chi connectivity index (χ1) is 16.1. The van der Waals surface area contributed by atoms with Gasteiger partial charge in [0, 0.05) is 31.0 Å². The molecule has 2 aromatic rings. The van der Waals surface area contributed by atoms with Crippen LogP contribution in [0.25, 0.3) is 0 Å². The van der Waals surface area contributed by atoms with E-state index in [1.165, 1.54) is 36.3 Å². The molecule has 34 heavy (non-hydrogen) atoms. The maximum absolute atomic E-state index is 12.8. The van der Waals surface area contributed by atoms with Gasteiger partial charge in [-0.25, -0.2) is 4.79 Å². The van der Waals surface area contributed by atoms with Gasteiger partial charge in [0.2, 0.25) is 0 Å². The van der Waals surface area contributed by atoms with Crippen LogP contribution < -0.4 is 10.1 Å². The number of carbonyl (C=O) groups excluding carboxylic acids is 3. The monoisotopic (exact) mass is 478 g/mol. The van der Waals surface area contributed by atoms with E-state index in [2.05, 4.69) is 14.8 Å². The van der Waals surface area contributed by atoms with Crippen molar-refractivity contribution in [1.82, 2.24) is 10.2 Å². The number of nitrogens with one attached hydrogen (secondary N) is 1. The van der Waals surface area contributed by atoms with Gasteiger partial charge in [-0.1, -0.05) is 42.5 Å². The van der Waals surface area contributed by atoms with Gasteiger partial charge in [-0.15, -0.1) is 13.2 Å². The van der Waals surface area contributed by atoms with Crippen molar-refractivity contribution in [2.24, 2.45) is 5.92 Å². The van der Waals surface area contributed by atoms with E-state index in [9.17, 15) is 27.6 Å². The van der Waals surface area contributed by atoms with Crippen LogP contribution in [-0.4, -0.2) is 55.8 Å². The van der Waals surface area contributed by atoms with Gasteiger partial charge in [-0.2, -0.15) is 0 Å². The average Bonchev–Trinajstić information content (AvgIpc) is 2.82. The number of Topliss-reactive ketones (excluding diaryl/α,β-unsaturated/α-hetero) is 1. The second-order valence-electron chi connectivity index (χ2n) is 8.05. The van der Waals surface area contributed by atoms with Gasteiger partial charge >= 0.3 is 18.4 Å². The number of alkyl halides is 3. The Kier molecular flexibility index (Phi) is 8.14. The molecule has 7 nitrogen and oxygen atoms in total. The normalized spacial score (nSPS) is 18.2. The number of hydrogen-bond acceptors (Lipinski definition) is 5. The first-order valence-electron chi connectivity index (χ1n) is 10.7. The number of benzene rings is 2. The molecule has 0 aromatic heterocycles. The Morgan fingerprint density at radius 3 is 2.32 bits per heavy atom. The van der Waals surface area contributed by atoms with Crippen LogP contribution in [0.15, 0.2) is 54.6 Å². The fraction of sp³-hybridized carbons (Fsp3) is 0.375.